The Kier molecular flexibility index (Phi) is 13.8. The van der Waals surface area contributed by atoms with E-state index < -0.39 is 12.0 Å². The number of carboxylic acids is 1. The Morgan fingerprint density at radius 1 is 0.619 bits per heavy atom. The van der Waals surface area contributed by atoms with Gasteiger partial charge in [-0.05, 0) is 50.8 Å². The van der Waals surface area contributed by atoms with Gasteiger partial charge in [0.2, 0.25) is 0 Å². The summed E-state index contributed by atoms with van der Waals surface area (Å²) in [6.07, 6.45) is 0. The van der Waals surface area contributed by atoms with Crippen molar-refractivity contribution in [3.8, 4) is 11.5 Å². The molecule has 0 aliphatic heterocycles. The first-order valence-corrected chi connectivity index (χ1v) is 14.5. The van der Waals surface area contributed by atoms with E-state index in [0.29, 0.717) is 11.1 Å². The standard InChI is InChI=1S/C33H51NO4.2CH4O/c1-20(29(37)38)34(18-21-14-23(30(2,3)4)16-25(27(21)35)32(8,9)10)19-22-15-24(31(5,6)7)17-26(28(22)36)33(11,12)13;2*1-2/h14-17,20,35-36H,18-19H2,1-13H3,(H,37,38);2*2H,1H3/t20-;;/m0../s1. The summed E-state index contributed by atoms with van der Waals surface area (Å²) < 4.78 is 0. The van der Waals surface area contributed by atoms with Crippen molar-refractivity contribution in [3.05, 3.63) is 57.6 Å². The predicted molar refractivity (Wildman–Crippen MR) is 174 cm³/mol. The molecule has 0 heterocycles. The number of phenolic OH excluding ortho intramolecular Hbond substituents is 2. The second-order valence-corrected chi connectivity index (χ2v) is 15.0. The zero-order valence-electron chi connectivity index (χ0n) is 28.9. The molecule has 0 spiro atoms. The third kappa shape index (κ3) is 10.3. The number of hydrogen-bond acceptors (Lipinski definition) is 6. The third-order valence-corrected chi connectivity index (χ3v) is 7.38. The SMILES string of the molecule is CO.CO.C[C@@H](C(=O)O)N(Cc1cc(C(C)(C)C)cc(C(C)(C)C)c1O)Cc1cc(C(C)(C)C)cc(C(C)(C)C)c1O. The molecule has 0 aliphatic carbocycles. The van der Waals surface area contributed by atoms with Gasteiger partial charge in [0, 0.05) is 38.4 Å². The lowest BCUT2D eigenvalue weighted by Crippen LogP contribution is -2.38. The molecule has 0 saturated heterocycles. The number of aliphatic hydroxyl groups excluding tert-OH is 2. The largest absolute Gasteiger partial charge is 0.507 e. The van der Waals surface area contributed by atoms with E-state index in [4.69, 9.17) is 10.2 Å². The predicted octanol–water partition coefficient (Wildman–Crippen LogP) is 6.98. The summed E-state index contributed by atoms with van der Waals surface area (Å²) in [4.78, 5) is 14.1. The number of phenols is 2. The van der Waals surface area contributed by atoms with Crippen molar-refractivity contribution in [2.24, 2.45) is 0 Å². The van der Waals surface area contributed by atoms with Gasteiger partial charge in [0.25, 0.3) is 0 Å². The maximum atomic E-state index is 12.2. The number of hydrogen-bond donors (Lipinski definition) is 5. The van der Waals surface area contributed by atoms with E-state index in [0.717, 1.165) is 36.5 Å². The first kappa shape index (κ1) is 39.4. The smallest absolute Gasteiger partial charge is 0.320 e. The summed E-state index contributed by atoms with van der Waals surface area (Å²) in [5.41, 5.74) is 4.38. The topological polar surface area (TPSA) is 121 Å². The maximum Gasteiger partial charge on any atom is 0.320 e. The Bertz CT molecular complexity index is 1090. The second-order valence-electron chi connectivity index (χ2n) is 15.0. The average molecular weight is 590 g/mol. The Hall–Kier alpha value is -2.61. The normalized spacial score (nSPS) is 13.1. The van der Waals surface area contributed by atoms with Crippen molar-refractivity contribution >= 4 is 5.97 Å². The number of aliphatic carboxylic acids is 1. The van der Waals surface area contributed by atoms with Gasteiger partial charge < -0.3 is 25.5 Å². The van der Waals surface area contributed by atoms with Crippen molar-refractivity contribution in [3.63, 3.8) is 0 Å². The van der Waals surface area contributed by atoms with Crippen LogP contribution in [0.15, 0.2) is 24.3 Å². The molecule has 0 unspecified atom stereocenters. The van der Waals surface area contributed by atoms with Crippen LogP contribution in [0.3, 0.4) is 0 Å². The molecule has 240 valence electrons. The van der Waals surface area contributed by atoms with Crippen LogP contribution < -0.4 is 0 Å². The minimum atomic E-state index is -0.949. The van der Waals surface area contributed by atoms with Gasteiger partial charge in [-0.15, -0.1) is 0 Å². The number of carbonyl (C=O) groups is 1. The molecule has 0 radical (unpaired) electrons. The number of rotatable bonds is 6. The van der Waals surface area contributed by atoms with Crippen LogP contribution in [-0.2, 0) is 39.5 Å². The van der Waals surface area contributed by atoms with E-state index in [9.17, 15) is 20.1 Å². The molecular weight excluding hydrogens is 530 g/mol. The van der Waals surface area contributed by atoms with E-state index in [1.165, 1.54) is 0 Å². The fraction of sp³-hybridized carbons (Fsp3) is 0.629. The van der Waals surface area contributed by atoms with Crippen molar-refractivity contribution in [2.75, 3.05) is 14.2 Å². The number of benzene rings is 2. The number of aromatic hydroxyl groups is 2. The quantitative estimate of drug-likeness (QED) is 0.246. The van der Waals surface area contributed by atoms with Gasteiger partial charge in [0.15, 0.2) is 0 Å². The Morgan fingerprint density at radius 3 is 1.12 bits per heavy atom. The number of aliphatic hydroxyl groups is 2. The van der Waals surface area contributed by atoms with Crippen molar-refractivity contribution in [1.29, 1.82) is 0 Å². The van der Waals surface area contributed by atoms with E-state index in [1.807, 2.05) is 17.0 Å². The van der Waals surface area contributed by atoms with Gasteiger partial charge in [-0.3, -0.25) is 9.69 Å². The van der Waals surface area contributed by atoms with Gasteiger partial charge in [0.05, 0.1) is 0 Å². The minimum absolute atomic E-state index is 0.146. The molecule has 42 heavy (non-hydrogen) atoms. The fourth-order valence-corrected chi connectivity index (χ4v) is 4.56. The highest BCUT2D eigenvalue weighted by Gasteiger charge is 2.30. The maximum absolute atomic E-state index is 12.2. The summed E-state index contributed by atoms with van der Waals surface area (Å²) in [5, 5.41) is 46.8. The van der Waals surface area contributed by atoms with Crippen LogP contribution in [0.25, 0.3) is 0 Å². The van der Waals surface area contributed by atoms with E-state index in [-0.39, 0.29) is 46.2 Å². The molecule has 0 aromatic heterocycles. The highest BCUT2D eigenvalue weighted by Crippen LogP contribution is 2.40. The fourth-order valence-electron chi connectivity index (χ4n) is 4.56. The minimum Gasteiger partial charge on any atom is -0.507 e. The molecule has 0 bridgehead atoms. The first-order chi connectivity index (χ1) is 18.9. The molecule has 5 N–H and O–H groups in total. The van der Waals surface area contributed by atoms with Gasteiger partial charge in [0.1, 0.15) is 17.5 Å². The highest BCUT2D eigenvalue weighted by atomic mass is 16.4. The summed E-state index contributed by atoms with van der Waals surface area (Å²) >= 11 is 0. The molecule has 0 saturated carbocycles. The molecule has 2 aromatic rings. The van der Waals surface area contributed by atoms with E-state index in [2.05, 4.69) is 95.2 Å². The number of nitrogens with zero attached hydrogens (tertiary/aromatic N) is 1. The Balaban J connectivity index is 0.00000402. The molecule has 7 nitrogen and oxygen atoms in total. The van der Waals surface area contributed by atoms with Gasteiger partial charge in [-0.2, -0.15) is 0 Å². The molecule has 2 rings (SSSR count). The molecule has 1 atom stereocenters. The molecule has 0 amide bonds. The van der Waals surface area contributed by atoms with Crippen LogP contribution in [0, 0.1) is 0 Å². The van der Waals surface area contributed by atoms with Crippen molar-refractivity contribution in [2.45, 2.75) is 131 Å². The van der Waals surface area contributed by atoms with Crippen LogP contribution in [0.1, 0.15) is 123 Å². The Labute approximate surface area is 255 Å². The van der Waals surface area contributed by atoms with Gasteiger partial charge in [-0.25, -0.2) is 0 Å². The van der Waals surface area contributed by atoms with E-state index >= 15 is 0 Å². The number of carboxylic acid groups (broad SMARTS) is 1. The summed E-state index contributed by atoms with van der Waals surface area (Å²) in [6.45, 7) is 27.4. The molecule has 2 aromatic carbocycles. The molecule has 7 heteroatoms. The summed E-state index contributed by atoms with van der Waals surface area (Å²) in [6, 6.07) is 7.30. The lowest BCUT2D eigenvalue weighted by molar-refractivity contribution is -0.143. The molecular formula is C35H59NO6. The summed E-state index contributed by atoms with van der Waals surface area (Å²) in [7, 11) is 2.00. The monoisotopic (exact) mass is 589 g/mol. The van der Waals surface area contributed by atoms with Crippen molar-refractivity contribution < 1.29 is 30.3 Å². The molecule has 0 aliphatic rings. The van der Waals surface area contributed by atoms with Crippen LogP contribution in [0.4, 0.5) is 0 Å². The van der Waals surface area contributed by atoms with Crippen LogP contribution >= 0.6 is 0 Å². The lowest BCUT2D eigenvalue weighted by Gasteiger charge is -2.32. The Morgan fingerprint density at radius 2 is 0.905 bits per heavy atom. The molecule has 0 fully saturated rings. The second kappa shape index (κ2) is 14.7. The van der Waals surface area contributed by atoms with Crippen molar-refractivity contribution in [1.82, 2.24) is 4.90 Å². The van der Waals surface area contributed by atoms with Crippen LogP contribution in [0.5, 0.6) is 11.5 Å². The van der Waals surface area contributed by atoms with Gasteiger partial charge in [-0.1, -0.05) is 107 Å². The van der Waals surface area contributed by atoms with E-state index in [1.54, 1.807) is 6.92 Å². The first-order valence-electron chi connectivity index (χ1n) is 14.5. The highest BCUT2D eigenvalue weighted by molar-refractivity contribution is 5.73. The zero-order valence-corrected chi connectivity index (χ0v) is 28.9. The summed E-state index contributed by atoms with van der Waals surface area (Å²) in [5.74, 6) is -0.540. The van der Waals surface area contributed by atoms with Crippen LogP contribution in [0.2, 0.25) is 0 Å². The van der Waals surface area contributed by atoms with Crippen LogP contribution in [-0.4, -0.2) is 56.7 Å². The third-order valence-electron chi connectivity index (χ3n) is 7.38. The lowest BCUT2D eigenvalue weighted by atomic mass is 9.78. The van der Waals surface area contributed by atoms with Gasteiger partial charge >= 0.3 is 5.97 Å². The zero-order chi connectivity index (χ0) is 33.6. The average Bonchev–Trinajstić information content (AvgIpc) is 2.84.